The van der Waals surface area contributed by atoms with E-state index in [9.17, 15) is 4.39 Å². The van der Waals surface area contributed by atoms with Crippen LogP contribution in [0.2, 0.25) is 5.02 Å². The fraction of sp³-hybridized carbons (Fsp3) is 0.412. The number of ether oxygens (including phenoxy) is 1. The molecule has 0 spiro atoms. The number of hydrogen-bond donors (Lipinski definition) is 1. The molecule has 24 heavy (non-hydrogen) atoms. The molecule has 3 rings (SSSR count). The summed E-state index contributed by atoms with van der Waals surface area (Å²) in [5.74, 6) is 0.448. The molecular weight excluding hydrogens is 354 g/mol. The number of hydrogen-bond acceptors (Lipinski definition) is 4. The molecule has 1 N–H and O–H groups in total. The van der Waals surface area contributed by atoms with Crippen LogP contribution in [0.25, 0.3) is 0 Å². The van der Waals surface area contributed by atoms with Crippen molar-refractivity contribution in [1.82, 2.24) is 10.2 Å². The summed E-state index contributed by atoms with van der Waals surface area (Å²) >= 11 is 6.23. The van der Waals surface area contributed by atoms with Gasteiger partial charge in [-0.1, -0.05) is 11.6 Å². The minimum Gasteiger partial charge on any atom is -0.489 e. The Bertz CT molecular complexity index is 623. The van der Waals surface area contributed by atoms with Crippen molar-refractivity contribution in [2.45, 2.75) is 13.0 Å². The van der Waals surface area contributed by atoms with Crippen molar-refractivity contribution in [1.29, 1.82) is 0 Å². The Kier molecular flexibility index (Phi) is 6.92. The predicted octanol–water partition coefficient (Wildman–Crippen LogP) is 3.89. The molecule has 2 heterocycles. The molecule has 1 aromatic heterocycles. The van der Waals surface area contributed by atoms with Crippen molar-refractivity contribution in [3.8, 4) is 5.75 Å². The van der Waals surface area contributed by atoms with Gasteiger partial charge in [0.15, 0.2) is 11.6 Å². The molecule has 0 aliphatic carbocycles. The SMILES string of the molecule is CCOc1c(F)cc([C@@H](c2ccco2)N2CCNCC2)cc1Cl.Cl. The fourth-order valence-electron chi connectivity index (χ4n) is 2.96. The molecule has 1 aromatic carbocycles. The second-order valence-corrected chi connectivity index (χ2v) is 5.86. The van der Waals surface area contributed by atoms with E-state index < -0.39 is 5.82 Å². The van der Waals surface area contributed by atoms with Crippen molar-refractivity contribution in [2.75, 3.05) is 32.8 Å². The van der Waals surface area contributed by atoms with Crippen LogP contribution < -0.4 is 10.1 Å². The lowest BCUT2D eigenvalue weighted by molar-refractivity contribution is 0.179. The monoisotopic (exact) mass is 374 g/mol. The molecule has 4 nitrogen and oxygen atoms in total. The van der Waals surface area contributed by atoms with Gasteiger partial charge in [0.1, 0.15) is 5.76 Å². The molecule has 0 bridgehead atoms. The number of nitrogens with zero attached hydrogens (tertiary/aromatic N) is 1. The zero-order chi connectivity index (χ0) is 16.2. The fourth-order valence-corrected chi connectivity index (χ4v) is 3.23. The zero-order valence-electron chi connectivity index (χ0n) is 13.4. The molecular formula is C17H21Cl2FN2O2. The van der Waals surface area contributed by atoms with Crippen molar-refractivity contribution < 1.29 is 13.5 Å². The molecule has 2 aromatic rings. The van der Waals surface area contributed by atoms with Crippen LogP contribution in [0.5, 0.6) is 5.75 Å². The first-order chi connectivity index (χ1) is 11.2. The van der Waals surface area contributed by atoms with Crippen LogP contribution in [0, 0.1) is 5.82 Å². The van der Waals surface area contributed by atoms with E-state index in [2.05, 4.69) is 10.2 Å². The summed E-state index contributed by atoms with van der Waals surface area (Å²) in [6, 6.07) is 6.86. The predicted molar refractivity (Wildman–Crippen MR) is 94.8 cm³/mol. The highest BCUT2D eigenvalue weighted by molar-refractivity contribution is 6.32. The third-order valence-corrected chi connectivity index (χ3v) is 4.24. The van der Waals surface area contributed by atoms with Crippen molar-refractivity contribution in [3.05, 3.63) is 52.7 Å². The van der Waals surface area contributed by atoms with Gasteiger partial charge in [0.2, 0.25) is 0 Å². The minimum atomic E-state index is -0.443. The van der Waals surface area contributed by atoms with Crippen LogP contribution in [0.15, 0.2) is 34.9 Å². The van der Waals surface area contributed by atoms with Gasteiger partial charge in [0.05, 0.1) is 23.9 Å². The Morgan fingerprint density at radius 3 is 2.71 bits per heavy atom. The minimum absolute atomic E-state index is 0. The average molecular weight is 375 g/mol. The molecule has 7 heteroatoms. The van der Waals surface area contributed by atoms with E-state index in [1.54, 1.807) is 19.3 Å². The largest absolute Gasteiger partial charge is 0.489 e. The summed E-state index contributed by atoms with van der Waals surface area (Å²) in [5.41, 5.74) is 0.771. The van der Waals surface area contributed by atoms with Crippen LogP contribution in [0.4, 0.5) is 4.39 Å². The van der Waals surface area contributed by atoms with Gasteiger partial charge < -0.3 is 14.5 Å². The van der Waals surface area contributed by atoms with Gasteiger partial charge in [0.25, 0.3) is 0 Å². The number of halogens is 3. The van der Waals surface area contributed by atoms with Gasteiger partial charge in [-0.3, -0.25) is 4.90 Å². The third kappa shape index (κ3) is 4.03. The Hall–Kier alpha value is -1.27. The second kappa shape index (κ2) is 8.72. The highest BCUT2D eigenvalue weighted by Gasteiger charge is 2.27. The molecule has 1 fully saturated rings. The van der Waals surface area contributed by atoms with Crippen molar-refractivity contribution in [3.63, 3.8) is 0 Å². The first kappa shape index (κ1) is 19.1. The Morgan fingerprint density at radius 1 is 1.38 bits per heavy atom. The van der Waals surface area contributed by atoms with Gasteiger partial charge in [-0.15, -0.1) is 12.4 Å². The zero-order valence-corrected chi connectivity index (χ0v) is 15.0. The van der Waals surface area contributed by atoms with Gasteiger partial charge in [0, 0.05) is 26.2 Å². The van der Waals surface area contributed by atoms with Crippen LogP contribution >= 0.6 is 24.0 Å². The Balaban J connectivity index is 0.00000208. The van der Waals surface area contributed by atoms with E-state index in [-0.39, 0.29) is 29.2 Å². The van der Waals surface area contributed by atoms with E-state index in [4.69, 9.17) is 20.8 Å². The molecule has 0 radical (unpaired) electrons. The van der Waals surface area contributed by atoms with E-state index in [0.717, 1.165) is 37.5 Å². The van der Waals surface area contributed by atoms with Gasteiger partial charge in [-0.05, 0) is 36.8 Å². The highest BCUT2D eigenvalue weighted by atomic mass is 35.5. The maximum atomic E-state index is 14.4. The Labute approximate surface area is 152 Å². The number of nitrogens with one attached hydrogen (secondary N) is 1. The van der Waals surface area contributed by atoms with Crippen LogP contribution in [-0.2, 0) is 0 Å². The van der Waals surface area contributed by atoms with Gasteiger partial charge in [-0.2, -0.15) is 0 Å². The summed E-state index contributed by atoms with van der Waals surface area (Å²) < 4.78 is 25.3. The topological polar surface area (TPSA) is 37.6 Å². The maximum absolute atomic E-state index is 14.4. The first-order valence-electron chi connectivity index (χ1n) is 7.80. The normalized spacial score (nSPS) is 16.5. The summed E-state index contributed by atoms with van der Waals surface area (Å²) in [4.78, 5) is 2.26. The van der Waals surface area contributed by atoms with Crippen LogP contribution in [0.1, 0.15) is 24.3 Å². The van der Waals surface area contributed by atoms with Crippen molar-refractivity contribution in [2.24, 2.45) is 0 Å². The molecule has 1 aliphatic heterocycles. The molecule has 1 atom stereocenters. The maximum Gasteiger partial charge on any atom is 0.173 e. The standard InChI is InChI=1S/C17H20ClFN2O2.ClH/c1-2-22-17-13(18)10-12(11-14(17)19)16(15-4-3-9-23-15)21-7-5-20-6-8-21;/h3-4,9-11,16,20H,2,5-8H2,1H3;1H/t16-;/m0./s1. The molecule has 0 amide bonds. The smallest absolute Gasteiger partial charge is 0.173 e. The lowest BCUT2D eigenvalue weighted by Crippen LogP contribution is -2.45. The van der Waals surface area contributed by atoms with E-state index in [1.807, 2.05) is 12.1 Å². The molecule has 0 saturated carbocycles. The molecule has 1 saturated heterocycles. The van der Waals surface area contributed by atoms with E-state index >= 15 is 0 Å². The van der Waals surface area contributed by atoms with Crippen LogP contribution in [0.3, 0.4) is 0 Å². The van der Waals surface area contributed by atoms with Crippen LogP contribution in [-0.4, -0.2) is 37.7 Å². The summed E-state index contributed by atoms with van der Waals surface area (Å²) in [6.45, 7) is 5.68. The second-order valence-electron chi connectivity index (χ2n) is 5.45. The summed E-state index contributed by atoms with van der Waals surface area (Å²) in [5, 5.41) is 3.61. The first-order valence-corrected chi connectivity index (χ1v) is 8.18. The number of benzene rings is 1. The number of furan rings is 1. The van der Waals surface area contributed by atoms with Gasteiger partial charge >= 0.3 is 0 Å². The highest BCUT2D eigenvalue weighted by Crippen LogP contribution is 2.36. The summed E-state index contributed by atoms with van der Waals surface area (Å²) in [6.07, 6.45) is 1.64. The lowest BCUT2D eigenvalue weighted by Gasteiger charge is -2.34. The van der Waals surface area contributed by atoms with E-state index in [1.165, 1.54) is 6.07 Å². The van der Waals surface area contributed by atoms with Gasteiger partial charge in [-0.25, -0.2) is 4.39 Å². The molecule has 0 unspecified atom stereocenters. The quantitative estimate of drug-likeness (QED) is 0.861. The van der Waals surface area contributed by atoms with Crippen molar-refractivity contribution >= 4 is 24.0 Å². The molecule has 1 aliphatic rings. The Morgan fingerprint density at radius 2 is 2.12 bits per heavy atom. The van der Waals surface area contributed by atoms with E-state index in [0.29, 0.717) is 6.61 Å². The number of piperazine rings is 1. The lowest BCUT2D eigenvalue weighted by atomic mass is 10.0. The molecule has 132 valence electrons. The summed E-state index contributed by atoms with van der Waals surface area (Å²) in [7, 11) is 0. The number of rotatable bonds is 5. The third-order valence-electron chi connectivity index (χ3n) is 3.95. The average Bonchev–Trinajstić information content (AvgIpc) is 3.06.